The van der Waals surface area contributed by atoms with Gasteiger partial charge in [-0.3, -0.25) is 0 Å². The van der Waals surface area contributed by atoms with E-state index >= 15 is 0 Å². The van der Waals surface area contributed by atoms with Gasteiger partial charge in [0.15, 0.2) is 0 Å². The number of rotatable bonds is 1. The van der Waals surface area contributed by atoms with Gasteiger partial charge in [-0.05, 0) is 6.92 Å². The smallest absolute Gasteiger partial charge is 0.109 e. The summed E-state index contributed by atoms with van der Waals surface area (Å²) in [6, 6.07) is -0.876. The summed E-state index contributed by atoms with van der Waals surface area (Å²) in [5, 5.41) is 39.4. The molecule has 0 aromatic rings. The zero-order valence-corrected chi connectivity index (χ0v) is 6.88. The molecule has 0 saturated carbocycles. The lowest BCUT2D eigenvalue weighted by molar-refractivity contribution is -0.116. The monoisotopic (exact) mass is 177 g/mol. The number of hydrogen-bond donors (Lipinski definition) is 5. The minimum absolute atomic E-state index is 0.255. The van der Waals surface area contributed by atoms with Crippen LogP contribution in [0, 0.1) is 0 Å². The van der Waals surface area contributed by atoms with Crippen molar-refractivity contribution in [3.8, 4) is 0 Å². The van der Waals surface area contributed by atoms with Crippen LogP contribution in [-0.4, -0.2) is 57.4 Å². The van der Waals surface area contributed by atoms with Gasteiger partial charge in [0.05, 0.1) is 24.9 Å². The largest absolute Gasteiger partial charge is 0.395 e. The molecule has 0 unspecified atom stereocenters. The number of hydrogen-bond acceptors (Lipinski definition) is 5. The number of piperidine rings is 1. The lowest BCUT2D eigenvalue weighted by atomic mass is 9.91. The Hall–Kier alpha value is -0.200. The molecule has 1 aliphatic heterocycles. The summed E-state index contributed by atoms with van der Waals surface area (Å²) in [6.07, 6.45) is -3.28. The molecular formula is C7H15NO4. The number of nitrogens with one attached hydrogen (secondary N) is 1. The molecule has 1 fully saturated rings. The maximum atomic E-state index is 9.29. The molecule has 1 rings (SSSR count). The molecule has 0 radical (unpaired) electrons. The topological polar surface area (TPSA) is 93.0 Å². The highest BCUT2D eigenvalue weighted by molar-refractivity contribution is 4.96. The summed E-state index contributed by atoms with van der Waals surface area (Å²) < 4.78 is 0. The Morgan fingerprint density at radius 3 is 2.17 bits per heavy atom. The first-order valence-electron chi connectivity index (χ1n) is 3.99. The lowest BCUT2D eigenvalue weighted by Gasteiger charge is -2.39. The summed E-state index contributed by atoms with van der Waals surface area (Å²) in [7, 11) is 0. The number of aliphatic hydroxyl groups is 4. The molecule has 0 spiro atoms. The molecule has 5 heteroatoms. The quantitative estimate of drug-likeness (QED) is 0.303. The van der Waals surface area contributed by atoms with Crippen LogP contribution in [0.15, 0.2) is 0 Å². The van der Waals surface area contributed by atoms with Gasteiger partial charge in [0, 0.05) is 6.04 Å². The molecular weight excluding hydrogens is 162 g/mol. The zero-order chi connectivity index (χ0) is 9.30. The Labute approximate surface area is 70.6 Å². The standard InChI is InChI=1S/C7H15NO4/c1-3-5(10)7(12)6(11)4(2-9)8-3/h3-12H,2H2,1H3/t3-,4-,5-,6-,7+/m0/s1. The summed E-state index contributed by atoms with van der Waals surface area (Å²) in [5.74, 6) is 0. The second-order valence-corrected chi connectivity index (χ2v) is 3.22. The van der Waals surface area contributed by atoms with E-state index in [4.69, 9.17) is 5.11 Å². The fourth-order valence-corrected chi connectivity index (χ4v) is 1.43. The highest BCUT2D eigenvalue weighted by atomic mass is 16.4. The first-order chi connectivity index (χ1) is 5.57. The van der Waals surface area contributed by atoms with Gasteiger partial charge < -0.3 is 25.7 Å². The van der Waals surface area contributed by atoms with Crippen molar-refractivity contribution in [1.29, 1.82) is 0 Å². The molecule has 1 heterocycles. The van der Waals surface area contributed by atoms with Crippen molar-refractivity contribution in [3.05, 3.63) is 0 Å². The minimum atomic E-state index is -1.18. The van der Waals surface area contributed by atoms with E-state index < -0.39 is 24.4 Å². The molecule has 72 valence electrons. The highest BCUT2D eigenvalue weighted by Crippen LogP contribution is 2.14. The second-order valence-electron chi connectivity index (χ2n) is 3.22. The van der Waals surface area contributed by atoms with Crippen LogP contribution in [0.25, 0.3) is 0 Å². The average molecular weight is 177 g/mol. The van der Waals surface area contributed by atoms with E-state index in [1.165, 1.54) is 0 Å². The van der Waals surface area contributed by atoms with Crippen LogP contribution < -0.4 is 5.32 Å². The maximum Gasteiger partial charge on any atom is 0.109 e. The third-order valence-electron chi connectivity index (χ3n) is 2.30. The van der Waals surface area contributed by atoms with E-state index in [9.17, 15) is 15.3 Å². The molecule has 5 atom stereocenters. The SMILES string of the molecule is C[C@@H]1N[C@@H](CO)[C@H](O)[C@H](O)[C@H]1O. The normalized spacial score (nSPS) is 49.2. The third kappa shape index (κ3) is 1.60. The van der Waals surface area contributed by atoms with Crippen molar-refractivity contribution < 1.29 is 20.4 Å². The lowest BCUT2D eigenvalue weighted by Crippen LogP contribution is -2.64. The summed E-state index contributed by atoms with van der Waals surface area (Å²) in [4.78, 5) is 0. The highest BCUT2D eigenvalue weighted by Gasteiger charge is 2.39. The summed E-state index contributed by atoms with van der Waals surface area (Å²) in [6.45, 7) is 1.43. The molecule has 1 saturated heterocycles. The van der Waals surface area contributed by atoms with Crippen LogP contribution in [0.2, 0.25) is 0 Å². The summed E-state index contributed by atoms with van der Waals surface area (Å²) >= 11 is 0. The molecule has 5 nitrogen and oxygen atoms in total. The van der Waals surface area contributed by atoms with Crippen LogP contribution in [0.4, 0.5) is 0 Å². The van der Waals surface area contributed by atoms with Gasteiger partial charge in [-0.2, -0.15) is 0 Å². The Morgan fingerprint density at radius 2 is 1.67 bits per heavy atom. The minimum Gasteiger partial charge on any atom is -0.395 e. The molecule has 1 aliphatic rings. The van der Waals surface area contributed by atoms with Gasteiger partial charge in [0.2, 0.25) is 0 Å². The van der Waals surface area contributed by atoms with Gasteiger partial charge in [0.1, 0.15) is 6.10 Å². The fourth-order valence-electron chi connectivity index (χ4n) is 1.43. The van der Waals surface area contributed by atoms with Crippen LogP contribution in [0.5, 0.6) is 0 Å². The van der Waals surface area contributed by atoms with Gasteiger partial charge in [-0.25, -0.2) is 0 Å². The van der Waals surface area contributed by atoms with Crippen molar-refractivity contribution in [2.75, 3.05) is 6.61 Å². The molecule has 0 aromatic heterocycles. The molecule has 0 amide bonds. The van der Waals surface area contributed by atoms with Gasteiger partial charge >= 0.3 is 0 Å². The second kappa shape index (κ2) is 3.68. The Balaban J connectivity index is 2.63. The third-order valence-corrected chi connectivity index (χ3v) is 2.30. The van der Waals surface area contributed by atoms with E-state index in [0.29, 0.717) is 0 Å². The summed E-state index contributed by atoms with van der Waals surface area (Å²) in [5.41, 5.74) is 0. The predicted molar refractivity (Wildman–Crippen MR) is 41.5 cm³/mol. The zero-order valence-electron chi connectivity index (χ0n) is 6.88. The van der Waals surface area contributed by atoms with Crippen molar-refractivity contribution in [2.24, 2.45) is 0 Å². The van der Waals surface area contributed by atoms with Crippen molar-refractivity contribution in [3.63, 3.8) is 0 Å². The van der Waals surface area contributed by atoms with E-state index in [1.807, 2.05) is 0 Å². The van der Waals surface area contributed by atoms with Crippen LogP contribution >= 0.6 is 0 Å². The number of aliphatic hydroxyl groups excluding tert-OH is 4. The average Bonchev–Trinajstić information content (AvgIpc) is 2.08. The molecule has 12 heavy (non-hydrogen) atoms. The van der Waals surface area contributed by atoms with Gasteiger partial charge in [-0.15, -0.1) is 0 Å². The first-order valence-corrected chi connectivity index (χ1v) is 3.99. The Morgan fingerprint density at radius 1 is 1.08 bits per heavy atom. The Bertz CT molecular complexity index is 150. The van der Waals surface area contributed by atoms with Crippen molar-refractivity contribution >= 4 is 0 Å². The molecule has 0 bridgehead atoms. The van der Waals surface area contributed by atoms with Crippen LogP contribution in [0.3, 0.4) is 0 Å². The first kappa shape index (κ1) is 9.88. The molecule has 0 aromatic carbocycles. The molecule has 0 aliphatic carbocycles. The van der Waals surface area contributed by atoms with E-state index in [0.717, 1.165) is 0 Å². The fraction of sp³-hybridized carbons (Fsp3) is 1.00. The predicted octanol–water partition coefficient (Wildman–Crippen LogP) is -2.58. The maximum absolute atomic E-state index is 9.29. The Kier molecular flexibility index (Phi) is 3.03. The van der Waals surface area contributed by atoms with E-state index in [-0.39, 0.29) is 12.6 Å². The molecule has 5 N–H and O–H groups in total. The van der Waals surface area contributed by atoms with Gasteiger partial charge in [-0.1, -0.05) is 0 Å². The van der Waals surface area contributed by atoms with Crippen molar-refractivity contribution in [2.45, 2.75) is 37.3 Å². The van der Waals surface area contributed by atoms with Crippen LogP contribution in [0.1, 0.15) is 6.92 Å². The van der Waals surface area contributed by atoms with Crippen molar-refractivity contribution in [1.82, 2.24) is 5.32 Å². The van der Waals surface area contributed by atoms with E-state index in [1.54, 1.807) is 6.92 Å². The van der Waals surface area contributed by atoms with Crippen LogP contribution in [-0.2, 0) is 0 Å². The van der Waals surface area contributed by atoms with Gasteiger partial charge in [0.25, 0.3) is 0 Å². The van der Waals surface area contributed by atoms with E-state index in [2.05, 4.69) is 5.32 Å².